The zero-order valence-corrected chi connectivity index (χ0v) is 19.0. The standard InChI is InChI=1S/C19H28ClN3O3.HI/c1-21-19(22-12-17(24-2)14-5-3-6-15(20)11-14)23-8-10-26-18(13-23)16-7-4-9-25-16;/h3,5-6,11,16-18H,4,7-10,12-13H2,1-2H3,(H,21,22);1H. The molecule has 0 radical (unpaired) electrons. The van der Waals surface area contributed by atoms with Gasteiger partial charge in [-0.15, -0.1) is 24.0 Å². The number of halogens is 2. The lowest BCUT2D eigenvalue weighted by atomic mass is 10.1. The topological polar surface area (TPSA) is 55.3 Å². The van der Waals surface area contributed by atoms with Crippen LogP contribution in [-0.2, 0) is 14.2 Å². The van der Waals surface area contributed by atoms with Gasteiger partial charge in [-0.3, -0.25) is 4.99 Å². The third kappa shape index (κ3) is 6.19. The largest absolute Gasteiger partial charge is 0.375 e. The average molecular weight is 510 g/mol. The van der Waals surface area contributed by atoms with Gasteiger partial charge in [-0.05, 0) is 30.5 Å². The summed E-state index contributed by atoms with van der Waals surface area (Å²) in [6, 6.07) is 7.75. The summed E-state index contributed by atoms with van der Waals surface area (Å²) in [5, 5.41) is 4.14. The summed E-state index contributed by atoms with van der Waals surface area (Å²) in [6.45, 7) is 3.75. The van der Waals surface area contributed by atoms with Crippen LogP contribution in [0.5, 0.6) is 0 Å². The van der Waals surface area contributed by atoms with Gasteiger partial charge in [0, 0.05) is 45.4 Å². The van der Waals surface area contributed by atoms with Crippen LogP contribution in [0.4, 0.5) is 0 Å². The highest BCUT2D eigenvalue weighted by atomic mass is 127. The Morgan fingerprint density at radius 3 is 2.85 bits per heavy atom. The van der Waals surface area contributed by atoms with Crippen LogP contribution >= 0.6 is 35.6 Å². The van der Waals surface area contributed by atoms with Gasteiger partial charge in [0.1, 0.15) is 6.10 Å². The predicted octanol–water partition coefficient (Wildman–Crippen LogP) is 3.10. The van der Waals surface area contributed by atoms with E-state index in [9.17, 15) is 0 Å². The van der Waals surface area contributed by atoms with E-state index in [2.05, 4.69) is 15.2 Å². The van der Waals surface area contributed by atoms with Crippen molar-refractivity contribution in [1.29, 1.82) is 0 Å². The Hall–Kier alpha value is -0.610. The monoisotopic (exact) mass is 509 g/mol. The highest BCUT2D eigenvalue weighted by Crippen LogP contribution is 2.22. The van der Waals surface area contributed by atoms with Gasteiger partial charge in [0.15, 0.2) is 5.96 Å². The molecule has 3 unspecified atom stereocenters. The Bertz CT molecular complexity index is 614. The van der Waals surface area contributed by atoms with Gasteiger partial charge in [0.05, 0.1) is 18.8 Å². The molecule has 2 aliphatic rings. The molecule has 27 heavy (non-hydrogen) atoms. The average Bonchev–Trinajstić information content (AvgIpc) is 3.20. The molecule has 152 valence electrons. The summed E-state index contributed by atoms with van der Waals surface area (Å²) in [5.74, 6) is 0.861. The van der Waals surface area contributed by atoms with Crippen molar-refractivity contribution in [2.45, 2.75) is 31.2 Å². The van der Waals surface area contributed by atoms with Crippen LogP contribution < -0.4 is 5.32 Å². The van der Waals surface area contributed by atoms with E-state index < -0.39 is 0 Å². The molecule has 3 atom stereocenters. The zero-order chi connectivity index (χ0) is 18.4. The smallest absolute Gasteiger partial charge is 0.193 e. The number of guanidine groups is 1. The third-order valence-electron chi connectivity index (χ3n) is 4.93. The fourth-order valence-electron chi connectivity index (χ4n) is 3.55. The molecule has 0 saturated carbocycles. The Kier molecular flexibility index (Phi) is 9.58. The molecule has 0 amide bonds. The van der Waals surface area contributed by atoms with E-state index in [1.807, 2.05) is 24.3 Å². The fraction of sp³-hybridized carbons (Fsp3) is 0.632. The van der Waals surface area contributed by atoms with Crippen molar-refractivity contribution in [2.75, 3.05) is 47.0 Å². The number of methoxy groups -OCH3 is 1. The Morgan fingerprint density at radius 1 is 1.37 bits per heavy atom. The summed E-state index contributed by atoms with van der Waals surface area (Å²) >= 11 is 6.10. The first-order valence-corrected chi connectivity index (χ1v) is 9.56. The van der Waals surface area contributed by atoms with Gasteiger partial charge in [-0.1, -0.05) is 23.7 Å². The molecule has 1 aromatic rings. The number of nitrogens with one attached hydrogen (secondary N) is 1. The molecule has 3 rings (SSSR count). The van der Waals surface area contributed by atoms with Crippen LogP contribution in [0.25, 0.3) is 0 Å². The number of benzene rings is 1. The molecule has 0 spiro atoms. The van der Waals surface area contributed by atoms with Gasteiger partial charge >= 0.3 is 0 Å². The van der Waals surface area contributed by atoms with Gasteiger partial charge < -0.3 is 24.4 Å². The normalized spacial score (nSPS) is 24.4. The van der Waals surface area contributed by atoms with Gasteiger partial charge in [-0.2, -0.15) is 0 Å². The van der Waals surface area contributed by atoms with Crippen molar-refractivity contribution in [2.24, 2.45) is 4.99 Å². The second kappa shape index (κ2) is 11.4. The predicted molar refractivity (Wildman–Crippen MR) is 118 cm³/mol. The molecule has 0 aromatic heterocycles. The molecule has 6 nitrogen and oxygen atoms in total. The first-order chi connectivity index (χ1) is 12.7. The van der Waals surface area contributed by atoms with Crippen LogP contribution in [-0.4, -0.2) is 70.1 Å². The quantitative estimate of drug-likeness (QED) is 0.376. The molecular formula is C19H29ClIN3O3. The van der Waals surface area contributed by atoms with E-state index in [1.165, 1.54) is 0 Å². The number of hydrogen-bond donors (Lipinski definition) is 1. The molecule has 0 bridgehead atoms. The minimum absolute atomic E-state index is 0. The number of nitrogens with zero attached hydrogens (tertiary/aromatic N) is 2. The van der Waals surface area contributed by atoms with E-state index in [4.69, 9.17) is 25.8 Å². The zero-order valence-electron chi connectivity index (χ0n) is 15.9. The molecule has 2 heterocycles. The van der Waals surface area contributed by atoms with Gasteiger partial charge in [0.2, 0.25) is 0 Å². The van der Waals surface area contributed by atoms with Crippen LogP contribution in [0.2, 0.25) is 5.02 Å². The highest BCUT2D eigenvalue weighted by Gasteiger charge is 2.32. The van der Waals surface area contributed by atoms with E-state index in [0.717, 1.165) is 44.1 Å². The van der Waals surface area contributed by atoms with Crippen LogP contribution in [0.15, 0.2) is 29.3 Å². The number of morpholine rings is 1. The van der Waals surface area contributed by atoms with Crippen molar-refractivity contribution < 1.29 is 14.2 Å². The van der Waals surface area contributed by atoms with E-state index in [0.29, 0.717) is 18.2 Å². The summed E-state index contributed by atoms with van der Waals surface area (Å²) in [6.07, 6.45) is 2.41. The summed E-state index contributed by atoms with van der Waals surface area (Å²) in [4.78, 5) is 6.68. The van der Waals surface area contributed by atoms with Gasteiger partial charge in [-0.25, -0.2) is 0 Å². The van der Waals surface area contributed by atoms with Crippen molar-refractivity contribution in [3.8, 4) is 0 Å². The SMILES string of the molecule is CN=C(NCC(OC)c1cccc(Cl)c1)N1CCOC(C2CCCO2)C1.I. The highest BCUT2D eigenvalue weighted by molar-refractivity contribution is 14.0. The maximum absolute atomic E-state index is 6.10. The molecule has 1 N–H and O–H groups in total. The lowest BCUT2D eigenvalue weighted by Crippen LogP contribution is -2.53. The second-order valence-electron chi connectivity index (χ2n) is 6.61. The number of aliphatic imine (C=N–C) groups is 1. The molecule has 2 fully saturated rings. The Labute approximate surface area is 183 Å². The number of rotatable bonds is 5. The van der Waals surface area contributed by atoms with E-state index >= 15 is 0 Å². The lowest BCUT2D eigenvalue weighted by molar-refractivity contribution is -0.0817. The maximum atomic E-state index is 6.10. The summed E-state index contributed by atoms with van der Waals surface area (Å²) in [7, 11) is 3.51. The van der Waals surface area contributed by atoms with Crippen LogP contribution in [0, 0.1) is 0 Å². The second-order valence-corrected chi connectivity index (χ2v) is 7.05. The van der Waals surface area contributed by atoms with Crippen molar-refractivity contribution in [1.82, 2.24) is 10.2 Å². The van der Waals surface area contributed by atoms with Crippen molar-refractivity contribution in [3.05, 3.63) is 34.9 Å². The summed E-state index contributed by atoms with van der Waals surface area (Å²) < 4.78 is 17.4. The summed E-state index contributed by atoms with van der Waals surface area (Å²) in [5.41, 5.74) is 1.04. The van der Waals surface area contributed by atoms with Crippen molar-refractivity contribution >= 4 is 41.5 Å². The van der Waals surface area contributed by atoms with Gasteiger partial charge in [0.25, 0.3) is 0 Å². The minimum Gasteiger partial charge on any atom is -0.375 e. The van der Waals surface area contributed by atoms with E-state index in [1.54, 1.807) is 14.2 Å². The first-order valence-electron chi connectivity index (χ1n) is 9.18. The third-order valence-corrected chi connectivity index (χ3v) is 5.17. The van der Waals surface area contributed by atoms with E-state index in [-0.39, 0.29) is 42.3 Å². The Balaban J connectivity index is 0.00000261. The minimum atomic E-state index is -0.0968. The molecule has 2 saturated heterocycles. The maximum Gasteiger partial charge on any atom is 0.193 e. The van der Waals surface area contributed by atoms with Crippen molar-refractivity contribution in [3.63, 3.8) is 0 Å². The molecule has 8 heteroatoms. The number of ether oxygens (including phenoxy) is 3. The molecule has 1 aromatic carbocycles. The lowest BCUT2D eigenvalue weighted by Gasteiger charge is -2.37. The fourth-order valence-corrected chi connectivity index (χ4v) is 3.75. The molecule has 2 aliphatic heterocycles. The van der Waals surface area contributed by atoms with Crippen LogP contribution in [0.1, 0.15) is 24.5 Å². The first kappa shape index (κ1) is 22.7. The number of hydrogen-bond acceptors (Lipinski definition) is 4. The Morgan fingerprint density at radius 2 is 2.19 bits per heavy atom. The van der Waals surface area contributed by atoms with Crippen LogP contribution in [0.3, 0.4) is 0 Å². The molecule has 0 aliphatic carbocycles. The molecular weight excluding hydrogens is 481 g/mol.